The minimum atomic E-state index is 1.14. The van der Waals surface area contributed by atoms with Gasteiger partial charge in [-0.3, -0.25) is 4.90 Å². The summed E-state index contributed by atoms with van der Waals surface area (Å²) in [6.07, 6.45) is 3.23. The van der Waals surface area contributed by atoms with Gasteiger partial charge in [-0.05, 0) is 0 Å². The van der Waals surface area contributed by atoms with E-state index in [0.29, 0.717) is 0 Å². The van der Waals surface area contributed by atoms with Crippen molar-refractivity contribution in [2.24, 2.45) is 0 Å². The lowest BCUT2D eigenvalue weighted by Crippen LogP contribution is -2.00. The van der Waals surface area contributed by atoms with Crippen LogP contribution in [0.1, 0.15) is 0 Å². The maximum atomic E-state index is 7.91. The second-order valence-corrected chi connectivity index (χ2v) is 1.01. The monoisotopic (exact) mass is 111 g/mol. The van der Waals surface area contributed by atoms with Crippen LogP contribution in [0.4, 0.5) is 0 Å². The van der Waals surface area contributed by atoms with E-state index in [4.69, 9.17) is 10.2 Å². The standard InChI is InChI=1S/C5H5NO2/c1-6(2-4-7)3-5-8/h7-8H,1H3. The summed E-state index contributed by atoms with van der Waals surface area (Å²) in [5.41, 5.74) is 0. The van der Waals surface area contributed by atoms with E-state index in [1.165, 1.54) is 7.05 Å². The third kappa shape index (κ3) is 2.74. The van der Waals surface area contributed by atoms with Crippen molar-refractivity contribution in [2.45, 2.75) is 0 Å². The Morgan fingerprint density at radius 1 is 1.12 bits per heavy atom. The van der Waals surface area contributed by atoms with Gasteiger partial charge in [-0.1, -0.05) is 0 Å². The third-order valence-electron chi connectivity index (χ3n) is 0.435. The molecule has 0 spiro atoms. The van der Waals surface area contributed by atoms with Crippen molar-refractivity contribution in [3.05, 3.63) is 0 Å². The predicted octanol–water partition coefficient (Wildman–Crippen LogP) is -0.500. The molecule has 0 radical (unpaired) electrons. The van der Waals surface area contributed by atoms with Crippen molar-refractivity contribution >= 4 is 0 Å². The zero-order valence-electron chi connectivity index (χ0n) is 4.34. The summed E-state index contributed by atoms with van der Waals surface area (Å²) in [6, 6.07) is 4.30. The van der Waals surface area contributed by atoms with Crippen molar-refractivity contribution in [1.82, 2.24) is 4.90 Å². The van der Waals surface area contributed by atoms with Gasteiger partial charge in [0.1, 0.15) is 12.2 Å². The highest BCUT2D eigenvalue weighted by Crippen LogP contribution is 1.67. The van der Waals surface area contributed by atoms with Crippen LogP contribution in [0.2, 0.25) is 0 Å². The Morgan fingerprint density at radius 2 is 1.50 bits per heavy atom. The summed E-state index contributed by atoms with van der Waals surface area (Å²) in [6.45, 7) is 0. The van der Waals surface area contributed by atoms with Gasteiger partial charge >= 0.3 is 0 Å². The molecule has 2 N–H and O–H groups in total. The maximum Gasteiger partial charge on any atom is 0.132 e. The van der Waals surface area contributed by atoms with E-state index in [-0.39, 0.29) is 0 Å². The number of nitrogens with zero attached hydrogens (tertiary/aromatic N) is 1. The topological polar surface area (TPSA) is 43.7 Å². The first-order valence-electron chi connectivity index (χ1n) is 1.84. The average molecular weight is 111 g/mol. The lowest BCUT2D eigenvalue weighted by Gasteiger charge is -1.92. The van der Waals surface area contributed by atoms with Gasteiger partial charge in [-0.25, -0.2) is 0 Å². The molecule has 0 heterocycles. The van der Waals surface area contributed by atoms with Crippen LogP contribution in [0, 0.1) is 24.3 Å². The molecule has 0 amide bonds. The molecular weight excluding hydrogens is 106 g/mol. The lowest BCUT2D eigenvalue weighted by atomic mass is 10.8. The molecular formula is C5H5NO2. The van der Waals surface area contributed by atoms with Gasteiger partial charge in [0.25, 0.3) is 0 Å². The predicted molar refractivity (Wildman–Crippen MR) is 27.2 cm³/mol. The first-order chi connectivity index (χ1) is 3.81. The fourth-order valence-electron chi connectivity index (χ4n) is 0.178. The van der Waals surface area contributed by atoms with Gasteiger partial charge < -0.3 is 10.2 Å². The van der Waals surface area contributed by atoms with Crippen LogP contribution < -0.4 is 0 Å². The van der Waals surface area contributed by atoms with Gasteiger partial charge in [-0.2, -0.15) is 0 Å². The van der Waals surface area contributed by atoms with Gasteiger partial charge in [0, 0.05) is 7.05 Å². The average Bonchev–Trinajstić information content (AvgIpc) is 1.68. The van der Waals surface area contributed by atoms with Crippen LogP contribution in [0.3, 0.4) is 0 Å². The number of hydrogen-bond donors (Lipinski definition) is 2. The highest BCUT2D eigenvalue weighted by Gasteiger charge is 1.75. The smallest absolute Gasteiger partial charge is 0.132 e. The summed E-state index contributed by atoms with van der Waals surface area (Å²) in [7, 11) is 1.51. The highest BCUT2D eigenvalue weighted by molar-refractivity contribution is 5.01. The molecule has 42 valence electrons. The van der Waals surface area contributed by atoms with Crippen LogP contribution in [-0.2, 0) is 0 Å². The van der Waals surface area contributed by atoms with E-state index >= 15 is 0 Å². The maximum absolute atomic E-state index is 7.91. The molecule has 0 aliphatic carbocycles. The molecule has 0 aromatic carbocycles. The van der Waals surface area contributed by atoms with E-state index in [1.807, 2.05) is 0 Å². The van der Waals surface area contributed by atoms with Gasteiger partial charge in [-0.15, -0.1) is 0 Å². The molecule has 3 nitrogen and oxygen atoms in total. The zero-order chi connectivity index (χ0) is 6.41. The number of aliphatic hydroxyl groups excluding tert-OH is 2. The Hall–Kier alpha value is -1.48. The van der Waals surface area contributed by atoms with E-state index in [1.54, 1.807) is 12.2 Å². The Bertz CT molecular complexity index is 146. The SMILES string of the molecule is CN(C#CO)C#CO. The van der Waals surface area contributed by atoms with Crippen molar-refractivity contribution in [3.63, 3.8) is 0 Å². The van der Waals surface area contributed by atoms with Gasteiger partial charge in [0.05, 0.1) is 12.1 Å². The Balaban J connectivity index is 3.71. The van der Waals surface area contributed by atoms with Crippen LogP contribution in [0.15, 0.2) is 0 Å². The Morgan fingerprint density at radius 3 is 1.75 bits per heavy atom. The molecule has 3 heteroatoms. The molecule has 0 saturated heterocycles. The van der Waals surface area contributed by atoms with E-state index in [2.05, 4.69) is 12.1 Å². The largest absolute Gasteiger partial charge is 0.461 e. The summed E-state index contributed by atoms with van der Waals surface area (Å²) in [5, 5.41) is 15.8. The minimum Gasteiger partial charge on any atom is -0.461 e. The summed E-state index contributed by atoms with van der Waals surface area (Å²) in [5.74, 6) is 0. The van der Waals surface area contributed by atoms with Crippen molar-refractivity contribution < 1.29 is 10.2 Å². The minimum absolute atomic E-state index is 1.14. The molecule has 0 aliphatic heterocycles. The molecule has 0 rings (SSSR count). The molecule has 0 aromatic rings. The summed E-state index contributed by atoms with van der Waals surface area (Å²) >= 11 is 0. The van der Waals surface area contributed by atoms with E-state index in [9.17, 15) is 0 Å². The third-order valence-corrected chi connectivity index (χ3v) is 0.435. The summed E-state index contributed by atoms with van der Waals surface area (Å²) < 4.78 is 0. The van der Waals surface area contributed by atoms with Gasteiger partial charge in [0.2, 0.25) is 0 Å². The molecule has 0 bridgehead atoms. The Kier molecular flexibility index (Phi) is 3.02. The molecule has 0 saturated carbocycles. The number of aliphatic hydroxyl groups is 2. The van der Waals surface area contributed by atoms with Crippen LogP contribution >= 0.6 is 0 Å². The van der Waals surface area contributed by atoms with E-state index in [0.717, 1.165) is 4.90 Å². The quantitative estimate of drug-likeness (QED) is 0.327. The number of rotatable bonds is 0. The Labute approximate surface area is 47.5 Å². The molecule has 0 atom stereocenters. The molecule has 8 heavy (non-hydrogen) atoms. The first kappa shape index (κ1) is 6.52. The zero-order valence-corrected chi connectivity index (χ0v) is 4.34. The second-order valence-electron chi connectivity index (χ2n) is 1.01. The molecule has 0 aliphatic rings. The summed E-state index contributed by atoms with van der Waals surface area (Å²) in [4.78, 5) is 1.14. The molecule has 0 fully saturated rings. The van der Waals surface area contributed by atoms with E-state index < -0.39 is 0 Å². The van der Waals surface area contributed by atoms with Crippen LogP contribution in [0.25, 0.3) is 0 Å². The lowest BCUT2D eigenvalue weighted by molar-refractivity contribution is 0.502. The first-order valence-corrected chi connectivity index (χ1v) is 1.84. The van der Waals surface area contributed by atoms with Gasteiger partial charge in [0.15, 0.2) is 0 Å². The van der Waals surface area contributed by atoms with Crippen LogP contribution in [0.5, 0.6) is 0 Å². The fraction of sp³-hybridized carbons (Fsp3) is 0.200. The second kappa shape index (κ2) is 3.70. The normalized spacial score (nSPS) is 5.12. The fourth-order valence-corrected chi connectivity index (χ4v) is 0.178. The molecule has 0 aromatic heterocycles. The highest BCUT2D eigenvalue weighted by atomic mass is 16.2. The number of hydrogen-bond acceptors (Lipinski definition) is 3. The van der Waals surface area contributed by atoms with Crippen molar-refractivity contribution in [2.75, 3.05) is 7.05 Å². The molecule has 0 unspecified atom stereocenters. The van der Waals surface area contributed by atoms with Crippen molar-refractivity contribution in [3.8, 4) is 24.3 Å². The van der Waals surface area contributed by atoms with Crippen LogP contribution in [-0.4, -0.2) is 22.2 Å². The van der Waals surface area contributed by atoms with Crippen molar-refractivity contribution in [1.29, 1.82) is 0 Å².